The molecule has 2 aliphatic rings. The first kappa shape index (κ1) is 16.1. The molecule has 6 nitrogen and oxygen atoms in total. The van der Waals surface area contributed by atoms with Crippen molar-refractivity contribution in [2.24, 2.45) is 0 Å². The standard InChI is InChI=1S/C17H25N3O3/c1-13-11-20(12-14(2)23-13)16-5-3-15(4-6-16)18-17(21)19-7-9-22-10-8-19/h3-6,13-14H,7-12H2,1-2H3,(H,18,21). The molecular formula is C17H25N3O3. The van der Waals surface area contributed by atoms with E-state index in [2.05, 4.69) is 36.2 Å². The van der Waals surface area contributed by atoms with Crippen LogP contribution in [0, 0.1) is 0 Å². The van der Waals surface area contributed by atoms with Gasteiger partial charge in [0.15, 0.2) is 0 Å². The number of nitrogens with zero attached hydrogens (tertiary/aromatic N) is 2. The Morgan fingerprint density at radius 2 is 1.70 bits per heavy atom. The predicted octanol–water partition coefficient (Wildman–Crippen LogP) is 2.16. The average Bonchev–Trinajstić information content (AvgIpc) is 2.55. The van der Waals surface area contributed by atoms with Crippen LogP contribution >= 0.6 is 0 Å². The number of ether oxygens (including phenoxy) is 2. The van der Waals surface area contributed by atoms with Crippen LogP contribution in [0.5, 0.6) is 0 Å². The van der Waals surface area contributed by atoms with E-state index < -0.39 is 0 Å². The van der Waals surface area contributed by atoms with E-state index in [4.69, 9.17) is 9.47 Å². The van der Waals surface area contributed by atoms with Gasteiger partial charge in [0.2, 0.25) is 0 Å². The smallest absolute Gasteiger partial charge is 0.321 e. The number of rotatable bonds is 2. The molecule has 2 amide bonds. The van der Waals surface area contributed by atoms with Crippen LogP contribution in [0.25, 0.3) is 0 Å². The molecule has 2 heterocycles. The van der Waals surface area contributed by atoms with Crippen LogP contribution in [0.1, 0.15) is 13.8 Å². The molecule has 2 aliphatic heterocycles. The zero-order valence-electron chi connectivity index (χ0n) is 13.8. The van der Waals surface area contributed by atoms with Crippen LogP contribution in [-0.2, 0) is 9.47 Å². The monoisotopic (exact) mass is 319 g/mol. The summed E-state index contributed by atoms with van der Waals surface area (Å²) in [5.74, 6) is 0. The van der Waals surface area contributed by atoms with Gasteiger partial charge in [-0.2, -0.15) is 0 Å². The topological polar surface area (TPSA) is 54.0 Å². The van der Waals surface area contributed by atoms with E-state index in [1.165, 1.54) is 0 Å². The summed E-state index contributed by atoms with van der Waals surface area (Å²) in [4.78, 5) is 16.3. The lowest BCUT2D eigenvalue weighted by Gasteiger charge is -2.37. The van der Waals surface area contributed by atoms with Gasteiger partial charge < -0.3 is 24.6 Å². The second-order valence-electron chi connectivity index (χ2n) is 6.24. The zero-order chi connectivity index (χ0) is 16.2. The Labute approximate surface area is 137 Å². The second-order valence-corrected chi connectivity index (χ2v) is 6.24. The van der Waals surface area contributed by atoms with Crippen LogP contribution < -0.4 is 10.2 Å². The molecule has 6 heteroatoms. The van der Waals surface area contributed by atoms with E-state index in [9.17, 15) is 4.79 Å². The minimum Gasteiger partial charge on any atom is -0.378 e. The van der Waals surface area contributed by atoms with Gasteiger partial charge in [0.1, 0.15) is 0 Å². The van der Waals surface area contributed by atoms with E-state index in [1.54, 1.807) is 4.90 Å². The maximum atomic E-state index is 12.2. The highest BCUT2D eigenvalue weighted by Gasteiger charge is 2.22. The first-order valence-electron chi connectivity index (χ1n) is 8.26. The van der Waals surface area contributed by atoms with Crippen molar-refractivity contribution in [2.45, 2.75) is 26.1 Å². The van der Waals surface area contributed by atoms with Crippen molar-refractivity contribution in [1.29, 1.82) is 0 Å². The number of carbonyl (C=O) groups is 1. The lowest BCUT2D eigenvalue weighted by molar-refractivity contribution is -0.00521. The summed E-state index contributed by atoms with van der Waals surface area (Å²) in [5, 5.41) is 2.95. The Kier molecular flexibility index (Phi) is 5.03. The maximum absolute atomic E-state index is 12.2. The first-order chi connectivity index (χ1) is 11.1. The van der Waals surface area contributed by atoms with Crippen molar-refractivity contribution in [2.75, 3.05) is 49.6 Å². The van der Waals surface area contributed by atoms with E-state index >= 15 is 0 Å². The molecule has 2 unspecified atom stereocenters. The van der Waals surface area contributed by atoms with Gasteiger partial charge >= 0.3 is 6.03 Å². The lowest BCUT2D eigenvalue weighted by Crippen LogP contribution is -2.45. The highest BCUT2D eigenvalue weighted by Crippen LogP contribution is 2.22. The number of hydrogen-bond donors (Lipinski definition) is 1. The Morgan fingerprint density at radius 3 is 2.30 bits per heavy atom. The summed E-state index contributed by atoms with van der Waals surface area (Å²) >= 11 is 0. The number of anilines is 2. The molecule has 3 rings (SSSR count). The Morgan fingerprint density at radius 1 is 1.09 bits per heavy atom. The van der Waals surface area contributed by atoms with Crippen LogP contribution in [0.3, 0.4) is 0 Å². The summed E-state index contributed by atoms with van der Waals surface area (Å²) in [5.41, 5.74) is 1.98. The molecule has 0 aromatic heterocycles. The number of hydrogen-bond acceptors (Lipinski definition) is 4. The van der Waals surface area contributed by atoms with Gasteiger partial charge in [-0.05, 0) is 38.1 Å². The SMILES string of the molecule is CC1CN(c2ccc(NC(=O)N3CCOCC3)cc2)CC(C)O1. The average molecular weight is 319 g/mol. The van der Waals surface area contributed by atoms with Crippen LogP contribution in [0.2, 0.25) is 0 Å². The third-order valence-electron chi connectivity index (χ3n) is 4.20. The van der Waals surface area contributed by atoms with E-state index in [-0.39, 0.29) is 18.2 Å². The first-order valence-corrected chi connectivity index (χ1v) is 8.26. The normalized spacial score (nSPS) is 25.3. The van der Waals surface area contributed by atoms with Crippen LogP contribution in [0.4, 0.5) is 16.2 Å². The molecule has 2 saturated heterocycles. The number of nitrogens with one attached hydrogen (secondary N) is 1. The fourth-order valence-corrected chi connectivity index (χ4v) is 3.11. The number of morpholine rings is 2. The fourth-order valence-electron chi connectivity index (χ4n) is 3.11. The maximum Gasteiger partial charge on any atom is 0.321 e. The predicted molar refractivity (Wildman–Crippen MR) is 90.1 cm³/mol. The molecule has 126 valence electrons. The van der Waals surface area contributed by atoms with Gasteiger partial charge in [-0.15, -0.1) is 0 Å². The molecule has 1 N–H and O–H groups in total. The van der Waals surface area contributed by atoms with Crippen molar-refractivity contribution in [3.63, 3.8) is 0 Å². The number of carbonyl (C=O) groups excluding carboxylic acids is 1. The van der Waals surface area contributed by atoms with Crippen LogP contribution in [0.15, 0.2) is 24.3 Å². The summed E-state index contributed by atoms with van der Waals surface area (Å²) < 4.78 is 11.0. The molecule has 2 atom stereocenters. The van der Waals surface area contributed by atoms with Gasteiger partial charge in [0.05, 0.1) is 25.4 Å². The van der Waals surface area contributed by atoms with Gasteiger partial charge in [-0.3, -0.25) is 0 Å². The quantitative estimate of drug-likeness (QED) is 0.908. The van der Waals surface area contributed by atoms with Gasteiger partial charge in [0, 0.05) is 37.6 Å². The summed E-state index contributed by atoms with van der Waals surface area (Å²) in [6.07, 6.45) is 0.471. The summed E-state index contributed by atoms with van der Waals surface area (Å²) in [7, 11) is 0. The minimum atomic E-state index is -0.0605. The van der Waals surface area contributed by atoms with Gasteiger partial charge in [-0.25, -0.2) is 4.79 Å². The Bertz CT molecular complexity index is 518. The van der Waals surface area contributed by atoms with Crippen molar-refractivity contribution in [3.8, 4) is 0 Å². The molecule has 2 fully saturated rings. The van der Waals surface area contributed by atoms with Crippen LogP contribution in [-0.4, -0.2) is 62.5 Å². The highest BCUT2D eigenvalue weighted by atomic mass is 16.5. The van der Waals surface area contributed by atoms with Gasteiger partial charge in [-0.1, -0.05) is 0 Å². The second kappa shape index (κ2) is 7.19. The van der Waals surface area contributed by atoms with Crippen molar-refractivity contribution in [3.05, 3.63) is 24.3 Å². The number of benzene rings is 1. The number of urea groups is 1. The van der Waals surface area contributed by atoms with Crippen molar-refractivity contribution < 1.29 is 14.3 Å². The van der Waals surface area contributed by atoms with E-state index in [0.29, 0.717) is 26.3 Å². The molecule has 0 spiro atoms. The van der Waals surface area contributed by atoms with E-state index in [1.807, 2.05) is 12.1 Å². The Balaban J connectivity index is 1.59. The third-order valence-corrected chi connectivity index (χ3v) is 4.20. The zero-order valence-corrected chi connectivity index (χ0v) is 13.8. The molecule has 0 radical (unpaired) electrons. The van der Waals surface area contributed by atoms with E-state index in [0.717, 1.165) is 24.5 Å². The highest BCUT2D eigenvalue weighted by molar-refractivity contribution is 5.89. The molecule has 0 bridgehead atoms. The molecule has 1 aromatic rings. The molecule has 1 aromatic carbocycles. The minimum absolute atomic E-state index is 0.0605. The lowest BCUT2D eigenvalue weighted by atomic mass is 10.2. The number of amides is 2. The summed E-state index contributed by atoms with van der Waals surface area (Å²) in [6.45, 7) is 8.49. The molecule has 0 aliphatic carbocycles. The third kappa shape index (κ3) is 4.14. The van der Waals surface area contributed by atoms with Gasteiger partial charge in [0.25, 0.3) is 0 Å². The Hall–Kier alpha value is -1.79. The molecular weight excluding hydrogens is 294 g/mol. The fraction of sp³-hybridized carbons (Fsp3) is 0.588. The summed E-state index contributed by atoms with van der Waals surface area (Å²) in [6, 6.07) is 7.96. The molecule has 23 heavy (non-hydrogen) atoms. The van der Waals surface area contributed by atoms with Crippen molar-refractivity contribution >= 4 is 17.4 Å². The van der Waals surface area contributed by atoms with Crippen molar-refractivity contribution in [1.82, 2.24) is 4.90 Å². The largest absolute Gasteiger partial charge is 0.378 e. The molecule has 0 saturated carbocycles.